The summed E-state index contributed by atoms with van der Waals surface area (Å²) in [5.41, 5.74) is 3.58. The topological polar surface area (TPSA) is 17.8 Å². The molecule has 0 spiro atoms. The molecule has 0 aliphatic carbocycles. The van der Waals surface area contributed by atoms with E-state index < -0.39 is 0 Å². The Morgan fingerprint density at radius 3 is 2.19 bits per heavy atom. The Morgan fingerprint density at radius 2 is 1.69 bits per heavy atom. The highest BCUT2D eigenvalue weighted by Gasteiger charge is 2.13. The van der Waals surface area contributed by atoms with Gasteiger partial charge in [0, 0.05) is 17.3 Å². The number of nitrogens with zero attached hydrogens (tertiary/aromatic N) is 2. The van der Waals surface area contributed by atoms with Crippen molar-refractivity contribution in [1.82, 2.24) is 9.55 Å². The van der Waals surface area contributed by atoms with Crippen LogP contribution in [-0.2, 0) is 5.54 Å². The summed E-state index contributed by atoms with van der Waals surface area (Å²) in [6.45, 7) is 8.62. The van der Waals surface area contributed by atoms with Crippen molar-refractivity contribution < 1.29 is 0 Å². The van der Waals surface area contributed by atoms with E-state index >= 15 is 0 Å². The lowest BCUT2D eigenvalue weighted by Crippen LogP contribution is -2.19. The molecule has 0 amide bonds. The van der Waals surface area contributed by atoms with Crippen molar-refractivity contribution in [3.05, 3.63) is 42.4 Å². The minimum absolute atomic E-state index is 0.0932. The van der Waals surface area contributed by atoms with Gasteiger partial charge in [-0.25, -0.2) is 4.98 Å². The van der Waals surface area contributed by atoms with E-state index in [0.29, 0.717) is 0 Å². The fourth-order valence-electron chi connectivity index (χ4n) is 1.56. The van der Waals surface area contributed by atoms with E-state index in [1.165, 1.54) is 11.1 Å². The Balaban J connectivity index is 2.35. The molecule has 2 nitrogen and oxygen atoms in total. The quantitative estimate of drug-likeness (QED) is 0.709. The zero-order chi connectivity index (χ0) is 11.8. The van der Waals surface area contributed by atoms with Crippen molar-refractivity contribution in [3.63, 3.8) is 0 Å². The van der Waals surface area contributed by atoms with Crippen molar-refractivity contribution >= 4 is 0 Å². The minimum Gasteiger partial charge on any atom is -0.332 e. The third-order valence-corrected chi connectivity index (χ3v) is 2.70. The standard InChI is InChI=1S/C14H18N2/c1-11-5-7-12(8-6-11)13-9-16(10-15-13)14(2,3)4/h5-10H,1-4H3. The van der Waals surface area contributed by atoms with Gasteiger partial charge in [-0.05, 0) is 27.7 Å². The maximum atomic E-state index is 4.45. The van der Waals surface area contributed by atoms with Crippen LogP contribution in [0.25, 0.3) is 11.3 Å². The fourth-order valence-corrected chi connectivity index (χ4v) is 1.56. The largest absolute Gasteiger partial charge is 0.332 e. The van der Waals surface area contributed by atoms with Gasteiger partial charge in [0.15, 0.2) is 0 Å². The van der Waals surface area contributed by atoms with Crippen molar-refractivity contribution in [3.8, 4) is 11.3 Å². The monoisotopic (exact) mass is 214 g/mol. The SMILES string of the molecule is Cc1ccc(-c2cn(C(C)(C)C)cn2)cc1. The average molecular weight is 214 g/mol. The smallest absolute Gasteiger partial charge is 0.0958 e. The molecular formula is C14H18N2. The molecule has 84 valence electrons. The lowest BCUT2D eigenvalue weighted by atomic mass is 10.1. The van der Waals surface area contributed by atoms with Crippen LogP contribution in [0.5, 0.6) is 0 Å². The van der Waals surface area contributed by atoms with Crippen LogP contribution < -0.4 is 0 Å². The normalized spacial score (nSPS) is 11.8. The highest BCUT2D eigenvalue weighted by Crippen LogP contribution is 2.21. The number of aryl methyl sites for hydroxylation is 1. The van der Waals surface area contributed by atoms with Crippen molar-refractivity contribution in [2.75, 3.05) is 0 Å². The molecule has 0 bridgehead atoms. The third kappa shape index (κ3) is 2.16. The van der Waals surface area contributed by atoms with E-state index in [2.05, 4.69) is 67.7 Å². The molecule has 2 aromatic rings. The van der Waals surface area contributed by atoms with E-state index in [4.69, 9.17) is 0 Å². The van der Waals surface area contributed by atoms with E-state index in [1.54, 1.807) is 0 Å². The first-order valence-corrected chi connectivity index (χ1v) is 5.58. The molecule has 0 aliphatic heterocycles. The van der Waals surface area contributed by atoms with Gasteiger partial charge in [-0.3, -0.25) is 0 Å². The van der Waals surface area contributed by atoms with Gasteiger partial charge in [-0.15, -0.1) is 0 Å². The molecule has 0 unspecified atom stereocenters. The first-order chi connectivity index (χ1) is 7.47. The summed E-state index contributed by atoms with van der Waals surface area (Å²) in [6.07, 6.45) is 4.00. The molecule has 2 rings (SSSR count). The van der Waals surface area contributed by atoms with E-state index in [1.807, 2.05) is 6.33 Å². The second-order valence-corrected chi connectivity index (χ2v) is 5.20. The summed E-state index contributed by atoms with van der Waals surface area (Å²) in [5.74, 6) is 0. The van der Waals surface area contributed by atoms with Gasteiger partial charge in [0.2, 0.25) is 0 Å². The Hall–Kier alpha value is -1.57. The maximum absolute atomic E-state index is 4.45. The van der Waals surface area contributed by atoms with Crippen LogP contribution >= 0.6 is 0 Å². The summed E-state index contributed by atoms with van der Waals surface area (Å²) < 4.78 is 2.14. The molecule has 16 heavy (non-hydrogen) atoms. The van der Waals surface area contributed by atoms with Crippen LogP contribution in [0.2, 0.25) is 0 Å². The first-order valence-electron chi connectivity index (χ1n) is 5.58. The van der Waals surface area contributed by atoms with Crippen molar-refractivity contribution in [2.24, 2.45) is 0 Å². The second-order valence-electron chi connectivity index (χ2n) is 5.20. The van der Waals surface area contributed by atoms with Crippen LogP contribution in [0.1, 0.15) is 26.3 Å². The third-order valence-electron chi connectivity index (χ3n) is 2.70. The highest BCUT2D eigenvalue weighted by atomic mass is 15.1. The summed E-state index contributed by atoms with van der Waals surface area (Å²) in [7, 11) is 0. The average Bonchev–Trinajstić information content (AvgIpc) is 2.67. The van der Waals surface area contributed by atoms with Crippen LogP contribution in [-0.4, -0.2) is 9.55 Å². The second kappa shape index (κ2) is 3.78. The summed E-state index contributed by atoms with van der Waals surface area (Å²) in [4.78, 5) is 4.45. The van der Waals surface area contributed by atoms with Gasteiger partial charge in [0.05, 0.1) is 12.0 Å². The van der Waals surface area contributed by atoms with Gasteiger partial charge >= 0.3 is 0 Å². The maximum Gasteiger partial charge on any atom is 0.0958 e. The van der Waals surface area contributed by atoms with Crippen LogP contribution in [0.15, 0.2) is 36.8 Å². The molecular weight excluding hydrogens is 196 g/mol. The molecule has 1 aromatic heterocycles. The molecule has 0 saturated carbocycles. The lowest BCUT2D eigenvalue weighted by Gasteiger charge is -2.19. The molecule has 0 N–H and O–H groups in total. The number of aromatic nitrogens is 2. The highest BCUT2D eigenvalue weighted by molar-refractivity contribution is 5.58. The first kappa shape index (κ1) is 10.9. The zero-order valence-electron chi connectivity index (χ0n) is 10.4. The number of benzene rings is 1. The molecule has 1 aromatic carbocycles. The predicted molar refractivity (Wildman–Crippen MR) is 67.4 cm³/mol. The number of imidazole rings is 1. The Morgan fingerprint density at radius 1 is 1.06 bits per heavy atom. The van der Waals surface area contributed by atoms with Crippen LogP contribution in [0.4, 0.5) is 0 Å². The molecule has 0 fully saturated rings. The van der Waals surface area contributed by atoms with Crippen LogP contribution in [0, 0.1) is 6.92 Å². The predicted octanol–water partition coefficient (Wildman–Crippen LogP) is 3.61. The van der Waals surface area contributed by atoms with E-state index in [-0.39, 0.29) is 5.54 Å². The van der Waals surface area contributed by atoms with E-state index in [0.717, 1.165) is 5.69 Å². The zero-order valence-corrected chi connectivity index (χ0v) is 10.4. The Bertz CT molecular complexity index is 472. The van der Waals surface area contributed by atoms with Crippen molar-refractivity contribution in [1.29, 1.82) is 0 Å². The summed E-state index contributed by atoms with van der Waals surface area (Å²) in [5, 5.41) is 0. The molecule has 0 atom stereocenters. The van der Waals surface area contributed by atoms with Crippen LogP contribution in [0.3, 0.4) is 0 Å². The molecule has 0 saturated heterocycles. The van der Waals surface area contributed by atoms with Gasteiger partial charge in [0.1, 0.15) is 0 Å². The van der Waals surface area contributed by atoms with Gasteiger partial charge in [0.25, 0.3) is 0 Å². The van der Waals surface area contributed by atoms with Crippen molar-refractivity contribution in [2.45, 2.75) is 33.2 Å². The molecule has 0 aliphatic rings. The van der Waals surface area contributed by atoms with Gasteiger partial charge in [-0.1, -0.05) is 29.8 Å². The fraction of sp³-hybridized carbons (Fsp3) is 0.357. The van der Waals surface area contributed by atoms with Gasteiger partial charge in [-0.2, -0.15) is 0 Å². The summed E-state index contributed by atoms with van der Waals surface area (Å²) in [6, 6.07) is 8.46. The molecule has 1 heterocycles. The van der Waals surface area contributed by atoms with Gasteiger partial charge < -0.3 is 4.57 Å². The Labute approximate surface area is 97.0 Å². The number of hydrogen-bond acceptors (Lipinski definition) is 1. The lowest BCUT2D eigenvalue weighted by molar-refractivity contribution is 0.396. The number of hydrogen-bond donors (Lipinski definition) is 0. The molecule has 2 heteroatoms. The number of rotatable bonds is 1. The summed E-state index contributed by atoms with van der Waals surface area (Å²) >= 11 is 0. The minimum atomic E-state index is 0.0932. The Kier molecular flexibility index (Phi) is 2.58. The molecule has 0 radical (unpaired) electrons. The van der Waals surface area contributed by atoms with E-state index in [9.17, 15) is 0 Å².